The number of methoxy groups -OCH3 is 1. The number of anilines is 1. The van der Waals surface area contributed by atoms with E-state index in [0.717, 1.165) is 0 Å². The first-order valence-corrected chi connectivity index (χ1v) is 7.64. The van der Waals surface area contributed by atoms with Crippen LogP contribution in [-0.2, 0) is 0 Å². The van der Waals surface area contributed by atoms with Gasteiger partial charge in [0.25, 0.3) is 5.91 Å². The van der Waals surface area contributed by atoms with Gasteiger partial charge in [0.05, 0.1) is 24.9 Å². The molecule has 0 heterocycles. The van der Waals surface area contributed by atoms with Gasteiger partial charge in [-0.25, -0.2) is 5.43 Å². The van der Waals surface area contributed by atoms with E-state index in [9.17, 15) is 14.9 Å². The molecule has 9 nitrogen and oxygen atoms in total. The molecule has 0 saturated heterocycles. The summed E-state index contributed by atoms with van der Waals surface area (Å²) in [5.41, 5.74) is 8.95. The summed E-state index contributed by atoms with van der Waals surface area (Å²) >= 11 is 0. The molecular weight excluding hydrogens is 340 g/mol. The van der Waals surface area contributed by atoms with E-state index < -0.39 is 10.8 Å². The minimum absolute atomic E-state index is 0.0277. The van der Waals surface area contributed by atoms with E-state index in [1.165, 1.54) is 25.5 Å². The summed E-state index contributed by atoms with van der Waals surface area (Å²) in [6.45, 7) is 2.06. The van der Waals surface area contributed by atoms with Crippen LogP contribution in [-0.4, -0.2) is 30.8 Å². The second kappa shape index (κ2) is 8.47. The number of nitrogen functional groups attached to an aromatic ring is 1. The van der Waals surface area contributed by atoms with Crippen molar-refractivity contribution in [3.8, 4) is 11.5 Å². The zero-order chi connectivity index (χ0) is 19.1. The number of benzene rings is 2. The normalized spacial score (nSPS) is 10.5. The lowest BCUT2D eigenvalue weighted by Crippen LogP contribution is -2.17. The summed E-state index contributed by atoms with van der Waals surface area (Å²) in [6, 6.07) is 9.13. The first-order valence-electron chi connectivity index (χ1n) is 7.64. The van der Waals surface area contributed by atoms with Crippen molar-refractivity contribution in [2.45, 2.75) is 6.92 Å². The molecule has 136 valence electrons. The highest BCUT2D eigenvalue weighted by Gasteiger charge is 2.21. The Bertz CT molecular complexity index is 834. The molecule has 0 saturated carbocycles. The standard InChI is InChI=1S/C17H18N4O5/c1-3-26-15-9-11(8-14(21(23)24)16(15)25-2)10-19-20-17(22)12-4-6-13(18)7-5-12/h4-10H,3,18H2,1-2H3,(H,20,22)/b19-10-. The number of carbonyl (C=O) groups excluding carboxylic acids is 1. The predicted octanol–water partition coefficient (Wildman–Crippen LogP) is 2.35. The third-order valence-electron chi connectivity index (χ3n) is 3.31. The van der Waals surface area contributed by atoms with Crippen LogP contribution in [0, 0.1) is 10.1 Å². The predicted molar refractivity (Wildman–Crippen MR) is 96.7 cm³/mol. The monoisotopic (exact) mass is 358 g/mol. The molecular formula is C17H18N4O5. The topological polar surface area (TPSA) is 129 Å². The molecule has 2 aromatic rings. The Morgan fingerprint density at radius 2 is 2.04 bits per heavy atom. The van der Waals surface area contributed by atoms with Crippen LogP contribution in [0.25, 0.3) is 0 Å². The molecule has 0 aliphatic carbocycles. The second-order valence-corrected chi connectivity index (χ2v) is 5.08. The number of hydrogen-bond acceptors (Lipinski definition) is 7. The SMILES string of the molecule is CCOc1cc(/C=N\NC(=O)c2ccc(N)cc2)cc([N+](=O)[O-])c1OC. The minimum atomic E-state index is -0.578. The van der Waals surface area contributed by atoms with Gasteiger partial charge < -0.3 is 15.2 Å². The highest BCUT2D eigenvalue weighted by Crippen LogP contribution is 2.37. The Morgan fingerprint density at radius 3 is 2.62 bits per heavy atom. The van der Waals surface area contributed by atoms with Gasteiger partial charge in [-0.2, -0.15) is 5.10 Å². The molecule has 0 spiro atoms. The minimum Gasteiger partial charge on any atom is -0.490 e. The van der Waals surface area contributed by atoms with Crippen LogP contribution in [0.5, 0.6) is 11.5 Å². The zero-order valence-corrected chi connectivity index (χ0v) is 14.3. The average molecular weight is 358 g/mol. The molecule has 0 aliphatic rings. The second-order valence-electron chi connectivity index (χ2n) is 5.08. The Kier molecular flexibility index (Phi) is 6.10. The van der Waals surface area contributed by atoms with Crippen LogP contribution >= 0.6 is 0 Å². The molecule has 0 radical (unpaired) electrons. The lowest BCUT2D eigenvalue weighted by molar-refractivity contribution is -0.385. The molecule has 3 N–H and O–H groups in total. The number of hydrogen-bond donors (Lipinski definition) is 2. The molecule has 26 heavy (non-hydrogen) atoms. The van der Waals surface area contributed by atoms with Gasteiger partial charge >= 0.3 is 5.69 Å². The summed E-state index contributed by atoms with van der Waals surface area (Å²) in [7, 11) is 1.32. The summed E-state index contributed by atoms with van der Waals surface area (Å²) in [5.74, 6) is -0.190. The van der Waals surface area contributed by atoms with Crippen molar-refractivity contribution in [2.75, 3.05) is 19.5 Å². The highest BCUT2D eigenvalue weighted by molar-refractivity contribution is 5.95. The third kappa shape index (κ3) is 4.47. The fourth-order valence-corrected chi connectivity index (χ4v) is 2.15. The maximum Gasteiger partial charge on any atom is 0.315 e. The number of amides is 1. The fraction of sp³-hybridized carbons (Fsp3) is 0.176. The summed E-state index contributed by atoms with van der Waals surface area (Å²) in [6.07, 6.45) is 1.28. The highest BCUT2D eigenvalue weighted by atomic mass is 16.6. The van der Waals surface area contributed by atoms with Gasteiger partial charge in [0, 0.05) is 22.9 Å². The Hall–Kier alpha value is -3.62. The fourth-order valence-electron chi connectivity index (χ4n) is 2.15. The number of nitro benzene ring substituents is 1. The van der Waals surface area contributed by atoms with Crippen LogP contribution in [0.15, 0.2) is 41.5 Å². The van der Waals surface area contributed by atoms with Crippen molar-refractivity contribution in [2.24, 2.45) is 5.10 Å². The molecule has 2 rings (SSSR count). The number of carbonyl (C=O) groups is 1. The van der Waals surface area contributed by atoms with E-state index in [2.05, 4.69) is 10.5 Å². The van der Waals surface area contributed by atoms with Crippen molar-refractivity contribution in [1.82, 2.24) is 5.43 Å². The molecule has 1 amide bonds. The van der Waals surface area contributed by atoms with Gasteiger partial charge in [0.15, 0.2) is 5.75 Å². The molecule has 0 unspecified atom stereocenters. The smallest absolute Gasteiger partial charge is 0.315 e. The number of nitrogens with two attached hydrogens (primary N) is 1. The van der Waals surface area contributed by atoms with E-state index in [-0.39, 0.29) is 17.2 Å². The number of hydrazone groups is 1. The first-order chi connectivity index (χ1) is 12.5. The van der Waals surface area contributed by atoms with Crippen molar-refractivity contribution in [3.63, 3.8) is 0 Å². The van der Waals surface area contributed by atoms with Crippen LogP contribution in [0.1, 0.15) is 22.8 Å². The Balaban J connectivity index is 2.22. The number of nitrogens with one attached hydrogen (secondary N) is 1. The average Bonchev–Trinajstić information content (AvgIpc) is 2.62. The maximum absolute atomic E-state index is 12.0. The van der Waals surface area contributed by atoms with Gasteiger partial charge in [-0.3, -0.25) is 14.9 Å². The van der Waals surface area contributed by atoms with Crippen molar-refractivity contribution >= 4 is 23.5 Å². The van der Waals surface area contributed by atoms with E-state index in [1.807, 2.05) is 0 Å². The van der Waals surface area contributed by atoms with Gasteiger partial charge in [0.1, 0.15) is 0 Å². The van der Waals surface area contributed by atoms with Crippen LogP contribution in [0.2, 0.25) is 0 Å². The number of ether oxygens (including phenoxy) is 2. The summed E-state index contributed by atoms with van der Waals surface area (Å²) < 4.78 is 10.4. The molecule has 0 fully saturated rings. The third-order valence-corrected chi connectivity index (χ3v) is 3.31. The molecule has 0 aromatic heterocycles. The Labute approximate surface area is 149 Å². The lowest BCUT2D eigenvalue weighted by atomic mass is 10.2. The molecule has 2 aromatic carbocycles. The lowest BCUT2D eigenvalue weighted by Gasteiger charge is -2.10. The first kappa shape index (κ1) is 18.7. The number of nitro groups is 1. The van der Waals surface area contributed by atoms with Gasteiger partial charge in [-0.05, 0) is 37.3 Å². The van der Waals surface area contributed by atoms with Crippen molar-refractivity contribution < 1.29 is 19.2 Å². The molecule has 9 heteroatoms. The van der Waals surface area contributed by atoms with Crippen LogP contribution in [0.3, 0.4) is 0 Å². The van der Waals surface area contributed by atoms with E-state index in [0.29, 0.717) is 23.4 Å². The molecule has 0 aliphatic heterocycles. The van der Waals surface area contributed by atoms with Gasteiger partial charge in [-0.15, -0.1) is 0 Å². The summed E-state index contributed by atoms with van der Waals surface area (Å²) in [5, 5.41) is 15.1. The Morgan fingerprint density at radius 1 is 1.35 bits per heavy atom. The van der Waals surface area contributed by atoms with Crippen molar-refractivity contribution in [1.29, 1.82) is 0 Å². The van der Waals surface area contributed by atoms with E-state index >= 15 is 0 Å². The van der Waals surface area contributed by atoms with Gasteiger partial charge in [0.2, 0.25) is 5.75 Å². The van der Waals surface area contributed by atoms with Crippen LogP contribution < -0.4 is 20.6 Å². The van der Waals surface area contributed by atoms with E-state index in [4.69, 9.17) is 15.2 Å². The van der Waals surface area contributed by atoms with Crippen LogP contribution in [0.4, 0.5) is 11.4 Å². The molecule has 0 bridgehead atoms. The molecule has 0 atom stereocenters. The number of nitrogens with zero attached hydrogens (tertiary/aromatic N) is 2. The maximum atomic E-state index is 12.0. The van der Waals surface area contributed by atoms with Crippen molar-refractivity contribution in [3.05, 3.63) is 57.6 Å². The largest absolute Gasteiger partial charge is 0.490 e. The summed E-state index contributed by atoms with van der Waals surface area (Å²) in [4.78, 5) is 22.6. The van der Waals surface area contributed by atoms with E-state index in [1.54, 1.807) is 31.2 Å². The quantitative estimate of drug-likeness (QED) is 0.338. The number of rotatable bonds is 7. The van der Waals surface area contributed by atoms with Gasteiger partial charge in [-0.1, -0.05) is 0 Å². The zero-order valence-electron chi connectivity index (χ0n) is 14.3.